The van der Waals surface area contributed by atoms with Crippen LogP contribution in [0.2, 0.25) is 0 Å². The van der Waals surface area contributed by atoms with Gasteiger partial charge in [0.15, 0.2) is 11.0 Å². The highest BCUT2D eigenvalue weighted by atomic mass is 79.9. The van der Waals surface area contributed by atoms with E-state index in [4.69, 9.17) is 0 Å². The summed E-state index contributed by atoms with van der Waals surface area (Å²) in [5.74, 6) is 0.924. The normalized spacial score (nSPS) is 10.5. The molecule has 0 spiro atoms. The first-order chi connectivity index (χ1) is 12.7. The van der Waals surface area contributed by atoms with Crippen molar-refractivity contribution in [1.82, 2.24) is 14.8 Å². The van der Waals surface area contributed by atoms with E-state index in [1.807, 2.05) is 59.2 Å². The third-order valence-electron chi connectivity index (χ3n) is 3.52. The molecule has 0 bridgehead atoms. The van der Waals surface area contributed by atoms with Crippen LogP contribution in [0.4, 0.5) is 5.69 Å². The van der Waals surface area contributed by atoms with Crippen LogP contribution in [-0.4, -0.2) is 26.4 Å². The summed E-state index contributed by atoms with van der Waals surface area (Å²) in [7, 11) is 0. The number of allylic oxidation sites excluding steroid dienone is 1. The van der Waals surface area contributed by atoms with Crippen molar-refractivity contribution >= 4 is 39.3 Å². The second-order valence-corrected chi connectivity index (χ2v) is 7.27. The predicted octanol–water partition coefficient (Wildman–Crippen LogP) is 4.62. The minimum absolute atomic E-state index is 0.0910. The Morgan fingerprint density at radius 1 is 1.15 bits per heavy atom. The van der Waals surface area contributed by atoms with Crippen LogP contribution in [-0.2, 0) is 11.3 Å². The predicted molar refractivity (Wildman–Crippen MR) is 109 cm³/mol. The Morgan fingerprint density at radius 2 is 1.88 bits per heavy atom. The number of benzene rings is 2. The maximum absolute atomic E-state index is 12.2. The highest BCUT2D eigenvalue weighted by molar-refractivity contribution is 9.10. The number of rotatable bonds is 7. The van der Waals surface area contributed by atoms with E-state index >= 15 is 0 Å². The zero-order valence-electron chi connectivity index (χ0n) is 13.9. The number of hydrogen-bond acceptors (Lipinski definition) is 4. The highest BCUT2D eigenvalue weighted by Crippen LogP contribution is 2.24. The summed E-state index contributed by atoms with van der Waals surface area (Å²) in [5, 5.41) is 12.1. The minimum Gasteiger partial charge on any atom is -0.325 e. The topological polar surface area (TPSA) is 59.8 Å². The average Bonchev–Trinajstić information content (AvgIpc) is 3.06. The largest absolute Gasteiger partial charge is 0.325 e. The number of amides is 1. The van der Waals surface area contributed by atoms with E-state index < -0.39 is 0 Å². The Kier molecular flexibility index (Phi) is 6.25. The van der Waals surface area contributed by atoms with Crippen molar-refractivity contribution < 1.29 is 4.79 Å². The molecule has 5 nitrogen and oxygen atoms in total. The fourth-order valence-electron chi connectivity index (χ4n) is 2.35. The molecule has 26 heavy (non-hydrogen) atoms. The Morgan fingerprint density at radius 3 is 2.58 bits per heavy atom. The number of thioether (sulfide) groups is 1. The van der Waals surface area contributed by atoms with Crippen LogP contribution in [0.25, 0.3) is 11.4 Å². The van der Waals surface area contributed by atoms with Crippen molar-refractivity contribution in [1.29, 1.82) is 0 Å². The second kappa shape index (κ2) is 8.82. The molecule has 3 rings (SSSR count). The van der Waals surface area contributed by atoms with Crippen LogP contribution >= 0.6 is 27.7 Å². The second-order valence-electron chi connectivity index (χ2n) is 5.42. The number of nitrogens with zero attached hydrogens (tertiary/aromatic N) is 3. The van der Waals surface area contributed by atoms with Crippen molar-refractivity contribution in [2.24, 2.45) is 0 Å². The van der Waals surface area contributed by atoms with E-state index in [2.05, 4.69) is 38.0 Å². The molecule has 0 radical (unpaired) electrons. The fourth-order valence-corrected chi connectivity index (χ4v) is 3.36. The van der Waals surface area contributed by atoms with Crippen molar-refractivity contribution in [3.05, 3.63) is 71.7 Å². The third kappa shape index (κ3) is 4.62. The molecule has 0 fully saturated rings. The summed E-state index contributed by atoms with van der Waals surface area (Å²) < 4.78 is 2.93. The molecule has 2 aromatic carbocycles. The van der Waals surface area contributed by atoms with Gasteiger partial charge in [0.2, 0.25) is 5.91 Å². The molecule has 1 amide bonds. The van der Waals surface area contributed by atoms with Crippen LogP contribution in [0.15, 0.2) is 76.9 Å². The van der Waals surface area contributed by atoms with Crippen LogP contribution in [0.1, 0.15) is 0 Å². The highest BCUT2D eigenvalue weighted by Gasteiger charge is 2.14. The number of anilines is 1. The monoisotopic (exact) mass is 428 g/mol. The van der Waals surface area contributed by atoms with Gasteiger partial charge in [0.05, 0.1) is 5.75 Å². The maximum Gasteiger partial charge on any atom is 0.234 e. The van der Waals surface area contributed by atoms with Crippen molar-refractivity contribution in [2.45, 2.75) is 11.7 Å². The molecule has 0 aliphatic rings. The molecule has 0 aliphatic heterocycles. The molecule has 0 unspecified atom stereocenters. The lowest BCUT2D eigenvalue weighted by molar-refractivity contribution is -0.113. The molecular formula is C19H17BrN4OS. The van der Waals surface area contributed by atoms with E-state index in [-0.39, 0.29) is 11.7 Å². The summed E-state index contributed by atoms with van der Waals surface area (Å²) in [5.41, 5.74) is 1.74. The maximum atomic E-state index is 12.2. The van der Waals surface area contributed by atoms with Gasteiger partial charge in [0.1, 0.15) is 0 Å². The molecule has 0 atom stereocenters. The lowest BCUT2D eigenvalue weighted by atomic mass is 10.2. The van der Waals surface area contributed by atoms with Crippen LogP contribution in [0, 0.1) is 0 Å². The molecule has 0 aliphatic carbocycles. The standard InChI is InChI=1S/C19H17BrN4OS/c1-2-12-24-18(14-6-4-3-5-7-14)22-23-19(24)26-13-17(25)21-16-10-8-15(20)9-11-16/h2-11H,1,12-13H2,(H,21,25). The zero-order valence-corrected chi connectivity index (χ0v) is 16.3. The Labute approximate surface area is 164 Å². The smallest absolute Gasteiger partial charge is 0.234 e. The van der Waals surface area contributed by atoms with E-state index in [1.165, 1.54) is 11.8 Å². The van der Waals surface area contributed by atoms with Gasteiger partial charge in [0, 0.05) is 22.3 Å². The number of hydrogen-bond donors (Lipinski definition) is 1. The van der Waals surface area contributed by atoms with E-state index in [1.54, 1.807) is 6.08 Å². The molecule has 132 valence electrons. The molecule has 1 heterocycles. The molecule has 1 N–H and O–H groups in total. The lowest BCUT2D eigenvalue weighted by Crippen LogP contribution is -2.14. The quantitative estimate of drug-likeness (QED) is 0.440. The van der Waals surface area contributed by atoms with Crippen molar-refractivity contribution in [3.63, 3.8) is 0 Å². The number of carbonyl (C=O) groups is 1. The molecule has 1 aromatic heterocycles. The van der Waals surface area contributed by atoms with Crippen LogP contribution < -0.4 is 5.32 Å². The first-order valence-corrected chi connectivity index (χ1v) is 9.73. The van der Waals surface area contributed by atoms with Gasteiger partial charge < -0.3 is 5.32 Å². The number of nitrogens with one attached hydrogen (secondary N) is 1. The van der Waals surface area contributed by atoms with Gasteiger partial charge in [-0.2, -0.15) is 0 Å². The number of aromatic nitrogens is 3. The van der Waals surface area contributed by atoms with E-state index in [9.17, 15) is 4.79 Å². The molecule has 0 saturated carbocycles. The third-order valence-corrected chi connectivity index (χ3v) is 5.02. The van der Waals surface area contributed by atoms with Gasteiger partial charge in [-0.15, -0.1) is 16.8 Å². The Bertz CT molecular complexity index is 894. The number of carbonyl (C=O) groups excluding carboxylic acids is 1. The summed E-state index contributed by atoms with van der Waals surface area (Å²) in [6.45, 7) is 4.38. The Balaban J connectivity index is 1.69. The van der Waals surface area contributed by atoms with E-state index in [0.29, 0.717) is 11.7 Å². The summed E-state index contributed by atoms with van der Waals surface area (Å²) in [6.07, 6.45) is 1.79. The average molecular weight is 429 g/mol. The number of halogens is 1. The van der Waals surface area contributed by atoms with Crippen LogP contribution in [0.5, 0.6) is 0 Å². The van der Waals surface area contributed by atoms with Gasteiger partial charge in [0.25, 0.3) is 0 Å². The minimum atomic E-state index is -0.0910. The van der Waals surface area contributed by atoms with Gasteiger partial charge in [-0.3, -0.25) is 9.36 Å². The van der Waals surface area contributed by atoms with Crippen LogP contribution in [0.3, 0.4) is 0 Å². The molecule has 7 heteroatoms. The first-order valence-electron chi connectivity index (χ1n) is 7.95. The van der Waals surface area contributed by atoms with Gasteiger partial charge in [-0.1, -0.05) is 64.1 Å². The SMILES string of the molecule is C=CCn1c(SCC(=O)Nc2ccc(Br)cc2)nnc1-c1ccccc1. The molecular weight excluding hydrogens is 412 g/mol. The fraction of sp³-hybridized carbons (Fsp3) is 0.105. The van der Waals surface area contributed by atoms with Crippen molar-refractivity contribution in [2.75, 3.05) is 11.1 Å². The van der Waals surface area contributed by atoms with Gasteiger partial charge >= 0.3 is 0 Å². The van der Waals surface area contributed by atoms with Gasteiger partial charge in [-0.25, -0.2) is 0 Å². The summed E-state index contributed by atoms with van der Waals surface area (Å²) in [6, 6.07) is 17.3. The van der Waals surface area contributed by atoms with E-state index in [0.717, 1.165) is 21.5 Å². The molecule has 0 saturated heterocycles. The lowest BCUT2D eigenvalue weighted by Gasteiger charge is -2.08. The van der Waals surface area contributed by atoms with Crippen molar-refractivity contribution in [3.8, 4) is 11.4 Å². The zero-order chi connectivity index (χ0) is 18.4. The Hall–Kier alpha value is -2.38. The first kappa shape index (κ1) is 18.4. The summed E-state index contributed by atoms with van der Waals surface area (Å²) in [4.78, 5) is 12.2. The van der Waals surface area contributed by atoms with Gasteiger partial charge in [-0.05, 0) is 24.3 Å². The molecule has 3 aromatic rings. The summed E-state index contributed by atoms with van der Waals surface area (Å²) >= 11 is 4.73.